The quantitative estimate of drug-likeness (QED) is 0.0261. The maximum atomic E-state index is 12.8. The molecule has 0 fully saturated rings. The zero-order valence-electron chi connectivity index (χ0n) is 49.4. The molecule has 0 saturated heterocycles. The highest BCUT2D eigenvalue weighted by Gasteiger charge is 2.19. The number of rotatable bonds is 59. The number of hydrogen-bond acceptors (Lipinski definition) is 6. The fourth-order valence-electron chi connectivity index (χ4n) is 9.43. The SMILES string of the molecule is CC/C=C\C/C=C\C/C=C\C/C=C\CCCCCCCCCCCCCCCCCCCCC(=O)OCC(COC(=O)CCCCCCCC)OC(=O)CCCCCCCCCCC/C=C\CCCCCCCC. The van der Waals surface area contributed by atoms with Crippen molar-refractivity contribution < 1.29 is 28.6 Å². The van der Waals surface area contributed by atoms with E-state index in [2.05, 4.69) is 81.5 Å². The van der Waals surface area contributed by atoms with Crippen LogP contribution < -0.4 is 0 Å². The molecule has 0 aromatic heterocycles. The van der Waals surface area contributed by atoms with Gasteiger partial charge in [0.25, 0.3) is 0 Å². The molecule has 0 aliphatic carbocycles. The minimum atomic E-state index is -0.769. The summed E-state index contributed by atoms with van der Waals surface area (Å²) < 4.78 is 16.8. The predicted molar refractivity (Wildman–Crippen MR) is 321 cm³/mol. The molecular weight excluding hydrogens is 913 g/mol. The first-order valence-electron chi connectivity index (χ1n) is 32.3. The van der Waals surface area contributed by atoms with Gasteiger partial charge in [-0.1, -0.05) is 293 Å². The molecule has 0 radical (unpaired) electrons. The molecule has 74 heavy (non-hydrogen) atoms. The van der Waals surface area contributed by atoms with Gasteiger partial charge in [-0.05, 0) is 83.5 Å². The van der Waals surface area contributed by atoms with Crippen LogP contribution in [0.5, 0.6) is 0 Å². The van der Waals surface area contributed by atoms with E-state index >= 15 is 0 Å². The summed E-state index contributed by atoms with van der Waals surface area (Å²) in [5, 5.41) is 0. The van der Waals surface area contributed by atoms with Crippen LogP contribution in [0.4, 0.5) is 0 Å². The van der Waals surface area contributed by atoms with Crippen LogP contribution in [0.2, 0.25) is 0 Å². The molecule has 0 bridgehead atoms. The van der Waals surface area contributed by atoms with Gasteiger partial charge in [0.05, 0.1) is 0 Å². The largest absolute Gasteiger partial charge is 0.462 e. The molecular formula is C68H122O6. The van der Waals surface area contributed by atoms with Crippen LogP contribution in [0, 0.1) is 0 Å². The van der Waals surface area contributed by atoms with Gasteiger partial charge in [0, 0.05) is 19.3 Å². The number of ether oxygens (including phenoxy) is 3. The molecule has 0 N–H and O–H groups in total. The minimum absolute atomic E-state index is 0.0705. The molecule has 1 unspecified atom stereocenters. The topological polar surface area (TPSA) is 78.9 Å². The summed E-state index contributed by atoms with van der Waals surface area (Å²) in [6, 6.07) is 0. The Bertz CT molecular complexity index is 1330. The van der Waals surface area contributed by atoms with Crippen molar-refractivity contribution in [3.05, 3.63) is 60.8 Å². The smallest absolute Gasteiger partial charge is 0.306 e. The minimum Gasteiger partial charge on any atom is -0.462 e. The molecule has 0 rings (SSSR count). The second-order valence-corrected chi connectivity index (χ2v) is 21.6. The summed E-state index contributed by atoms with van der Waals surface area (Å²) in [5.74, 6) is -0.865. The Kier molecular flexibility index (Phi) is 60.2. The Morgan fingerprint density at radius 1 is 0.284 bits per heavy atom. The van der Waals surface area contributed by atoms with E-state index in [1.165, 1.54) is 212 Å². The molecule has 0 aromatic rings. The van der Waals surface area contributed by atoms with E-state index in [-0.39, 0.29) is 31.1 Å². The van der Waals surface area contributed by atoms with Gasteiger partial charge in [0.15, 0.2) is 6.10 Å². The fraction of sp³-hybridized carbons (Fsp3) is 0.809. The third kappa shape index (κ3) is 60.0. The molecule has 0 spiro atoms. The number of allylic oxidation sites excluding steroid dienone is 10. The number of carbonyl (C=O) groups is 3. The lowest BCUT2D eigenvalue weighted by molar-refractivity contribution is -0.167. The van der Waals surface area contributed by atoms with E-state index < -0.39 is 6.10 Å². The van der Waals surface area contributed by atoms with Gasteiger partial charge in [-0.2, -0.15) is 0 Å². The van der Waals surface area contributed by atoms with E-state index in [0.29, 0.717) is 19.3 Å². The summed E-state index contributed by atoms with van der Waals surface area (Å²) >= 11 is 0. The second kappa shape index (κ2) is 62.6. The van der Waals surface area contributed by atoms with Crippen LogP contribution in [-0.2, 0) is 28.6 Å². The van der Waals surface area contributed by atoms with Crippen LogP contribution in [0.15, 0.2) is 60.8 Å². The third-order valence-corrected chi connectivity index (χ3v) is 14.3. The third-order valence-electron chi connectivity index (χ3n) is 14.3. The molecule has 1 atom stereocenters. The molecule has 430 valence electrons. The fourth-order valence-corrected chi connectivity index (χ4v) is 9.43. The van der Waals surface area contributed by atoms with Gasteiger partial charge in [-0.25, -0.2) is 0 Å². The average Bonchev–Trinajstić information content (AvgIpc) is 3.40. The van der Waals surface area contributed by atoms with Gasteiger partial charge in [0.2, 0.25) is 0 Å². The molecule has 0 aromatic carbocycles. The van der Waals surface area contributed by atoms with Gasteiger partial charge >= 0.3 is 17.9 Å². The van der Waals surface area contributed by atoms with Crippen LogP contribution in [0.1, 0.15) is 335 Å². The van der Waals surface area contributed by atoms with Gasteiger partial charge in [0.1, 0.15) is 13.2 Å². The Labute approximate surface area is 460 Å². The van der Waals surface area contributed by atoms with E-state index in [9.17, 15) is 14.4 Å². The van der Waals surface area contributed by atoms with Crippen LogP contribution >= 0.6 is 0 Å². The lowest BCUT2D eigenvalue weighted by atomic mass is 10.0. The Hall–Kier alpha value is -2.89. The summed E-state index contributed by atoms with van der Waals surface area (Å²) in [7, 11) is 0. The van der Waals surface area contributed by atoms with Gasteiger partial charge < -0.3 is 14.2 Å². The zero-order valence-corrected chi connectivity index (χ0v) is 49.4. The standard InChI is InChI=1S/C68H122O6/c1-4-7-10-13-16-18-20-22-24-26-28-29-30-31-32-33-34-35-36-37-38-39-41-42-44-46-48-50-52-55-58-61-67(70)73-64-65(63-72-66(69)60-57-54-15-12-9-6-3)74-68(71)62-59-56-53-51-49-47-45-43-40-27-25-23-21-19-17-14-11-8-5-2/h7,10,16,18,22-25,28-29,65H,4-6,8-9,11-15,17,19-21,26-27,30-64H2,1-3H3/b10-7-,18-16-,24-22-,25-23-,29-28-. The Morgan fingerprint density at radius 2 is 0.527 bits per heavy atom. The maximum absolute atomic E-state index is 12.8. The summed E-state index contributed by atoms with van der Waals surface area (Å²) in [5.41, 5.74) is 0. The normalized spacial score (nSPS) is 12.4. The molecule has 0 amide bonds. The monoisotopic (exact) mass is 1030 g/mol. The highest BCUT2D eigenvalue weighted by atomic mass is 16.6. The van der Waals surface area contributed by atoms with Crippen LogP contribution in [0.25, 0.3) is 0 Å². The molecule has 0 aliphatic rings. The number of carbonyl (C=O) groups excluding carboxylic acids is 3. The molecule has 0 heterocycles. The second-order valence-electron chi connectivity index (χ2n) is 21.6. The van der Waals surface area contributed by atoms with Crippen molar-refractivity contribution in [3.63, 3.8) is 0 Å². The Morgan fingerprint density at radius 3 is 0.838 bits per heavy atom. The van der Waals surface area contributed by atoms with Crippen molar-refractivity contribution in [2.24, 2.45) is 0 Å². The first-order chi connectivity index (χ1) is 36.5. The van der Waals surface area contributed by atoms with Crippen molar-refractivity contribution in [1.82, 2.24) is 0 Å². The van der Waals surface area contributed by atoms with Crippen molar-refractivity contribution in [1.29, 1.82) is 0 Å². The van der Waals surface area contributed by atoms with E-state index in [1.54, 1.807) is 0 Å². The predicted octanol–water partition coefficient (Wildman–Crippen LogP) is 21.9. The molecule has 0 aliphatic heterocycles. The van der Waals surface area contributed by atoms with Crippen molar-refractivity contribution in [2.75, 3.05) is 13.2 Å². The highest BCUT2D eigenvalue weighted by Crippen LogP contribution is 2.17. The summed E-state index contributed by atoms with van der Waals surface area (Å²) in [6.45, 7) is 6.50. The van der Waals surface area contributed by atoms with Gasteiger partial charge in [-0.3, -0.25) is 14.4 Å². The van der Waals surface area contributed by atoms with E-state index in [0.717, 1.165) is 83.5 Å². The maximum Gasteiger partial charge on any atom is 0.306 e. The zero-order chi connectivity index (χ0) is 53.6. The lowest BCUT2D eigenvalue weighted by Crippen LogP contribution is -2.30. The lowest BCUT2D eigenvalue weighted by Gasteiger charge is -2.18. The average molecular weight is 1040 g/mol. The van der Waals surface area contributed by atoms with Gasteiger partial charge in [-0.15, -0.1) is 0 Å². The number of esters is 3. The van der Waals surface area contributed by atoms with E-state index in [4.69, 9.17) is 14.2 Å². The first-order valence-corrected chi connectivity index (χ1v) is 32.3. The highest BCUT2D eigenvalue weighted by molar-refractivity contribution is 5.71. The van der Waals surface area contributed by atoms with Crippen molar-refractivity contribution in [3.8, 4) is 0 Å². The Balaban J connectivity index is 3.99. The van der Waals surface area contributed by atoms with E-state index in [1.807, 2.05) is 0 Å². The molecule has 0 saturated carbocycles. The summed E-state index contributed by atoms with van der Waals surface area (Å²) in [6.07, 6.45) is 79.9. The number of unbranched alkanes of at least 4 members (excludes halogenated alkanes) is 38. The van der Waals surface area contributed by atoms with Crippen molar-refractivity contribution >= 4 is 17.9 Å². The first kappa shape index (κ1) is 71.1. The molecule has 6 nitrogen and oxygen atoms in total. The molecule has 6 heteroatoms. The van der Waals surface area contributed by atoms with Crippen molar-refractivity contribution in [2.45, 2.75) is 341 Å². The number of hydrogen-bond donors (Lipinski definition) is 0. The van der Waals surface area contributed by atoms with Crippen LogP contribution in [0.3, 0.4) is 0 Å². The summed E-state index contributed by atoms with van der Waals surface area (Å²) in [4.78, 5) is 38.0. The van der Waals surface area contributed by atoms with Crippen LogP contribution in [-0.4, -0.2) is 37.2 Å².